The van der Waals surface area contributed by atoms with Crippen molar-refractivity contribution < 1.29 is 4.74 Å². The molecule has 0 saturated carbocycles. The maximum absolute atomic E-state index is 7.34. The Bertz CT molecular complexity index is 366. The Morgan fingerprint density at radius 2 is 2.27 bits per heavy atom. The summed E-state index contributed by atoms with van der Waals surface area (Å²) in [6, 6.07) is 5.72. The number of nitrogens with two attached hydrogens (primary N) is 1. The van der Waals surface area contributed by atoms with Crippen LogP contribution in [-0.2, 0) is 0 Å². The van der Waals surface area contributed by atoms with Crippen molar-refractivity contribution >= 4 is 21.8 Å². The van der Waals surface area contributed by atoms with Gasteiger partial charge in [-0.05, 0) is 37.1 Å². The first-order valence-electron chi connectivity index (χ1n) is 4.81. The van der Waals surface area contributed by atoms with E-state index in [0.29, 0.717) is 6.42 Å². The number of aryl methyl sites for hydroxylation is 1. The molecule has 0 bridgehead atoms. The number of benzene rings is 1. The van der Waals surface area contributed by atoms with Gasteiger partial charge < -0.3 is 10.5 Å². The molecule has 1 unspecified atom stereocenters. The minimum atomic E-state index is -0.328. The average Bonchev–Trinajstić information content (AvgIpc) is 2.19. The summed E-state index contributed by atoms with van der Waals surface area (Å²) >= 11 is 3.42. The molecule has 0 aliphatic heterocycles. The van der Waals surface area contributed by atoms with Crippen LogP contribution in [0.25, 0.3) is 0 Å². The molecule has 82 valence electrons. The fraction of sp³-hybridized carbons (Fsp3) is 0.364. The van der Waals surface area contributed by atoms with E-state index in [1.54, 1.807) is 0 Å². The molecular weight excluding hydrogens is 256 g/mol. The average molecular weight is 271 g/mol. The van der Waals surface area contributed by atoms with Crippen LogP contribution in [0, 0.1) is 12.3 Å². The van der Waals surface area contributed by atoms with Gasteiger partial charge in [-0.15, -0.1) is 0 Å². The molecule has 0 aliphatic rings. The largest absolute Gasteiger partial charge is 0.483 e. The lowest BCUT2D eigenvalue weighted by Crippen LogP contribution is -2.32. The van der Waals surface area contributed by atoms with Crippen molar-refractivity contribution in [1.82, 2.24) is 0 Å². The van der Waals surface area contributed by atoms with Crippen LogP contribution in [0.1, 0.15) is 18.9 Å². The zero-order chi connectivity index (χ0) is 11.4. The monoisotopic (exact) mass is 270 g/mol. The van der Waals surface area contributed by atoms with Gasteiger partial charge in [0.15, 0.2) is 6.10 Å². The molecular formula is C11H15BrN2O. The molecule has 3 nitrogen and oxygen atoms in total. The predicted molar refractivity (Wildman–Crippen MR) is 65.5 cm³/mol. The summed E-state index contributed by atoms with van der Waals surface area (Å²) in [5.74, 6) is 0.816. The summed E-state index contributed by atoms with van der Waals surface area (Å²) in [5, 5.41) is 7.34. The zero-order valence-electron chi connectivity index (χ0n) is 8.88. The van der Waals surface area contributed by atoms with E-state index < -0.39 is 0 Å². The van der Waals surface area contributed by atoms with Crippen molar-refractivity contribution in [3.05, 3.63) is 28.2 Å². The molecule has 3 N–H and O–H groups in total. The fourth-order valence-corrected chi connectivity index (χ4v) is 1.47. The number of nitrogens with one attached hydrogen (secondary N) is 1. The Morgan fingerprint density at radius 3 is 2.73 bits per heavy atom. The summed E-state index contributed by atoms with van der Waals surface area (Å²) in [7, 11) is 0. The van der Waals surface area contributed by atoms with E-state index in [0.717, 1.165) is 15.8 Å². The Balaban J connectivity index is 2.80. The van der Waals surface area contributed by atoms with Crippen LogP contribution in [0.4, 0.5) is 0 Å². The second kappa shape index (κ2) is 5.16. The number of rotatable bonds is 4. The first kappa shape index (κ1) is 12.0. The summed E-state index contributed by atoms with van der Waals surface area (Å²) in [6.07, 6.45) is 0.371. The Labute approximate surface area is 98.3 Å². The molecule has 1 rings (SSSR count). The van der Waals surface area contributed by atoms with E-state index in [-0.39, 0.29) is 11.9 Å². The molecule has 1 atom stereocenters. The van der Waals surface area contributed by atoms with E-state index >= 15 is 0 Å². The lowest BCUT2D eigenvalue weighted by atomic mass is 10.2. The quantitative estimate of drug-likeness (QED) is 0.653. The molecule has 1 aromatic carbocycles. The molecule has 0 spiro atoms. The Kier molecular flexibility index (Phi) is 4.15. The van der Waals surface area contributed by atoms with Crippen LogP contribution in [0.15, 0.2) is 22.7 Å². The van der Waals surface area contributed by atoms with Gasteiger partial charge in [-0.25, -0.2) is 0 Å². The molecule has 4 heteroatoms. The van der Waals surface area contributed by atoms with Crippen molar-refractivity contribution in [2.24, 2.45) is 5.73 Å². The molecule has 0 heterocycles. The van der Waals surface area contributed by atoms with Gasteiger partial charge in [0, 0.05) is 4.47 Å². The number of halogens is 1. The zero-order valence-corrected chi connectivity index (χ0v) is 10.5. The fourth-order valence-electron chi connectivity index (χ4n) is 1.22. The van der Waals surface area contributed by atoms with E-state index in [4.69, 9.17) is 15.9 Å². The van der Waals surface area contributed by atoms with E-state index in [1.807, 2.05) is 32.0 Å². The van der Waals surface area contributed by atoms with Crippen molar-refractivity contribution in [3.63, 3.8) is 0 Å². The van der Waals surface area contributed by atoms with Gasteiger partial charge in [-0.3, -0.25) is 5.41 Å². The van der Waals surface area contributed by atoms with Gasteiger partial charge in [0.05, 0.1) is 0 Å². The third-order valence-electron chi connectivity index (χ3n) is 2.13. The lowest BCUT2D eigenvalue weighted by Gasteiger charge is -2.16. The standard InChI is InChI=1S/C11H15BrN2O/c1-3-10(11(13)14)15-8-4-5-9(12)7(2)6-8/h4-6,10H,3H2,1-2H3,(H3,13,14). The number of hydrogen-bond donors (Lipinski definition) is 2. The third kappa shape index (κ3) is 3.23. The van der Waals surface area contributed by atoms with Gasteiger partial charge in [0.25, 0.3) is 0 Å². The van der Waals surface area contributed by atoms with E-state index in [1.165, 1.54) is 0 Å². The molecule has 0 radical (unpaired) electrons. The topological polar surface area (TPSA) is 59.1 Å². The number of amidine groups is 1. The van der Waals surface area contributed by atoms with Gasteiger partial charge in [0.2, 0.25) is 0 Å². The Morgan fingerprint density at radius 1 is 1.60 bits per heavy atom. The van der Waals surface area contributed by atoms with Crippen LogP contribution in [0.3, 0.4) is 0 Å². The van der Waals surface area contributed by atoms with E-state index in [2.05, 4.69) is 15.9 Å². The van der Waals surface area contributed by atoms with Gasteiger partial charge in [0.1, 0.15) is 11.6 Å². The van der Waals surface area contributed by atoms with Crippen molar-refractivity contribution in [1.29, 1.82) is 5.41 Å². The molecule has 0 aliphatic carbocycles. The first-order chi connectivity index (χ1) is 7.04. The van der Waals surface area contributed by atoms with Gasteiger partial charge in [-0.1, -0.05) is 22.9 Å². The Hall–Kier alpha value is -1.03. The minimum Gasteiger partial charge on any atom is -0.483 e. The van der Waals surface area contributed by atoms with Crippen molar-refractivity contribution in [3.8, 4) is 5.75 Å². The second-order valence-corrected chi connectivity index (χ2v) is 4.24. The highest BCUT2D eigenvalue weighted by Crippen LogP contribution is 2.22. The van der Waals surface area contributed by atoms with E-state index in [9.17, 15) is 0 Å². The van der Waals surface area contributed by atoms with Crippen LogP contribution in [-0.4, -0.2) is 11.9 Å². The molecule has 0 aromatic heterocycles. The summed E-state index contributed by atoms with van der Waals surface area (Å²) in [4.78, 5) is 0. The highest BCUT2D eigenvalue weighted by atomic mass is 79.9. The third-order valence-corrected chi connectivity index (χ3v) is 3.02. The maximum atomic E-state index is 7.34. The molecule has 0 amide bonds. The van der Waals surface area contributed by atoms with Crippen LogP contribution < -0.4 is 10.5 Å². The summed E-state index contributed by atoms with van der Waals surface area (Å²) in [5.41, 5.74) is 6.51. The highest BCUT2D eigenvalue weighted by Gasteiger charge is 2.11. The SMILES string of the molecule is CCC(Oc1ccc(Br)c(C)c1)C(=N)N. The van der Waals surface area contributed by atoms with Crippen LogP contribution in [0.5, 0.6) is 5.75 Å². The van der Waals surface area contributed by atoms with Crippen molar-refractivity contribution in [2.75, 3.05) is 0 Å². The maximum Gasteiger partial charge on any atom is 0.155 e. The molecule has 0 saturated heterocycles. The highest BCUT2D eigenvalue weighted by molar-refractivity contribution is 9.10. The predicted octanol–water partition coefficient (Wildman–Crippen LogP) is 2.85. The first-order valence-corrected chi connectivity index (χ1v) is 5.60. The smallest absolute Gasteiger partial charge is 0.155 e. The number of hydrogen-bond acceptors (Lipinski definition) is 2. The van der Waals surface area contributed by atoms with Crippen LogP contribution >= 0.6 is 15.9 Å². The van der Waals surface area contributed by atoms with Gasteiger partial charge >= 0.3 is 0 Å². The normalized spacial score (nSPS) is 12.2. The summed E-state index contributed by atoms with van der Waals surface area (Å²) < 4.78 is 6.64. The summed E-state index contributed by atoms with van der Waals surface area (Å²) in [6.45, 7) is 3.93. The molecule has 15 heavy (non-hydrogen) atoms. The molecule has 1 aromatic rings. The van der Waals surface area contributed by atoms with Crippen molar-refractivity contribution in [2.45, 2.75) is 26.4 Å². The second-order valence-electron chi connectivity index (χ2n) is 3.38. The minimum absolute atomic E-state index is 0.0677. The van der Waals surface area contributed by atoms with Gasteiger partial charge in [-0.2, -0.15) is 0 Å². The van der Waals surface area contributed by atoms with Crippen LogP contribution in [0.2, 0.25) is 0 Å². The molecule has 0 fully saturated rings. The lowest BCUT2D eigenvalue weighted by molar-refractivity contribution is 0.260. The number of ether oxygens (including phenoxy) is 1.